The molecule has 0 heterocycles. The van der Waals surface area contributed by atoms with E-state index in [1.807, 2.05) is 26.0 Å². The molecule has 0 aliphatic rings. The summed E-state index contributed by atoms with van der Waals surface area (Å²) in [4.78, 5) is 11.5. The first-order valence-corrected chi connectivity index (χ1v) is 6.63. The molecule has 2 rings (SSSR count). The third-order valence-electron chi connectivity index (χ3n) is 2.88. The Morgan fingerprint density at radius 2 is 1.84 bits per heavy atom. The number of nitrogens with one attached hydrogen (secondary N) is 2. The van der Waals surface area contributed by atoms with Crippen LogP contribution in [-0.4, -0.2) is 18.5 Å². The van der Waals surface area contributed by atoms with Crippen LogP contribution in [0.15, 0.2) is 42.5 Å². The van der Waals surface area contributed by atoms with Crippen LogP contribution in [-0.2, 0) is 11.3 Å². The van der Waals surface area contributed by atoms with Gasteiger partial charge in [-0.1, -0.05) is 36.4 Å². The summed E-state index contributed by atoms with van der Waals surface area (Å²) in [7, 11) is 0. The molecule has 0 spiro atoms. The quantitative estimate of drug-likeness (QED) is 0.862. The van der Waals surface area contributed by atoms with Crippen LogP contribution in [0, 0.1) is 0 Å². The van der Waals surface area contributed by atoms with E-state index in [0.717, 1.165) is 0 Å². The van der Waals surface area contributed by atoms with Gasteiger partial charge < -0.3 is 10.6 Å². The minimum absolute atomic E-state index is 0.0378. The van der Waals surface area contributed by atoms with E-state index in [1.165, 1.54) is 16.3 Å². The van der Waals surface area contributed by atoms with Gasteiger partial charge in [0, 0.05) is 12.6 Å². The summed E-state index contributed by atoms with van der Waals surface area (Å²) in [6.07, 6.45) is 0. The fraction of sp³-hybridized carbons (Fsp3) is 0.312. The van der Waals surface area contributed by atoms with Crippen molar-refractivity contribution in [2.75, 3.05) is 6.54 Å². The van der Waals surface area contributed by atoms with E-state index in [-0.39, 0.29) is 11.9 Å². The molecule has 0 atom stereocenters. The fourth-order valence-corrected chi connectivity index (χ4v) is 2.04. The van der Waals surface area contributed by atoms with Crippen LogP contribution in [0.4, 0.5) is 0 Å². The van der Waals surface area contributed by atoms with Gasteiger partial charge >= 0.3 is 0 Å². The topological polar surface area (TPSA) is 41.1 Å². The minimum Gasteiger partial charge on any atom is -0.353 e. The molecule has 2 N–H and O–H groups in total. The monoisotopic (exact) mass is 256 g/mol. The first-order chi connectivity index (χ1) is 9.15. The van der Waals surface area contributed by atoms with Crippen LogP contribution in [0.5, 0.6) is 0 Å². The van der Waals surface area contributed by atoms with Gasteiger partial charge in [-0.2, -0.15) is 0 Å². The maximum Gasteiger partial charge on any atom is 0.234 e. The highest BCUT2D eigenvalue weighted by atomic mass is 16.1. The highest BCUT2D eigenvalue weighted by Gasteiger charge is 2.02. The number of amides is 1. The van der Waals surface area contributed by atoms with Crippen LogP contribution in [0.1, 0.15) is 19.4 Å². The summed E-state index contributed by atoms with van der Waals surface area (Å²) in [6.45, 7) is 4.98. The van der Waals surface area contributed by atoms with Crippen LogP contribution in [0.2, 0.25) is 0 Å². The zero-order valence-electron chi connectivity index (χ0n) is 11.4. The third-order valence-corrected chi connectivity index (χ3v) is 2.88. The van der Waals surface area contributed by atoms with E-state index in [4.69, 9.17) is 0 Å². The van der Waals surface area contributed by atoms with E-state index in [9.17, 15) is 4.79 Å². The molecule has 100 valence electrons. The lowest BCUT2D eigenvalue weighted by molar-refractivity contribution is -0.120. The lowest BCUT2D eigenvalue weighted by Gasteiger charge is -2.09. The van der Waals surface area contributed by atoms with Gasteiger partial charge in [-0.05, 0) is 36.2 Å². The lowest BCUT2D eigenvalue weighted by Crippen LogP contribution is -2.37. The summed E-state index contributed by atoms with van der Waals surface area (Å²) < 4.78 is 0. The second-order valence-corrected chi connectivity index (χ2v) is 5.01. The van der Waals surface area contributed by atoms with Gasteiger partial charge in [0.1, 0.15) is 0 Å². The number of carbonyl (C=O) groups excluding carboxylic acids is 1. The van der Waals surface area contributed by atoms with Crippen molar-refractivity contribution in [2.24, 2.45) is 0 Å². The molecule has 3 nitrogen and oxygen atoms in total. The van der Waals surface area contributed by atoms with Crippen LogP contribution < -0.4 is 10.6 Å². The molecule has 2 aromatic rings. The van der Waals surface area contributed by atoms with Crippen molar-refractivity contribution in [1.29, 1.82) is 0 Å². The van der Waals surface area contributed by atoms with Crippen LogP contribution in [0.25, 0.3) is 10.8 Å². The molecule has 2 aromatic carbocycles. The number of hydrogen-bond donors (Lipinski definition) is 2. The van der Waals surface area contributed by atoms with E-state index in [1.54, 1.807) is 0 Å². The number of benzene rings is 2. The van der Waals surface area contributed by atoms with Gasteiger partial charge in [0.2, 0.25) is 5.91 Å². The molecular formula is C16H20N2O. The van der Waals surface area contributed by atoms with E-state index >= 15 is 0 Å². The Labute approximate surface area is 114 Å². The standard InChI is InChI=1S/C16H20N2O/c1-12(2)18-16(19)11-17-10-13-7-8-14-5-3-4-6-15(14)9-13/h3-9,12,17H,10-11H2,1-2H3,(H,18,19). The van der Waals surface area contributed by atoms with E-state index < -0.39 is 0 Å². The lowest BCUT2D eigenvalue weighted by atomic mass is 10.1. The predicted octanol–water partition coefficient (Wildman–Crippen LogP) is 2.45. The Morgan fingerprint density at radius 1 is 1.11 bits per heavy atom. The molecular weight excluding hydrogens is 236 g/mol. The van der Waals surface area contributed by atoms with Crippen molar-refractivity contribution in [2.45, 2.75) is 26.4 Å². The molecule has 3 heteroatoms. The second kappa shape index (κ2) is 6.34. The van der Waals surface area contributed by atoms with Crippen LogP contribution in [0.3, 0.4) is 0 Å². The SMILES string of the molecule is CC(C)NC(=O)CNCc1ccc2ccccc2c1. The molecule has 1 amide bonds. The van der Waals surface area contributed by atoms with Crippen LogP contribution >= 0.6 is 0 Å². The minimum atomic E-state index is 0.0378. The molecule has 19 heavy (non-hydrogen) atoms. The molecule has 0 saturated carbocycles. The van der Waals surface area contributed by atoms with Gasteiger partial charge in [0.25, 0.3) is 0 Å². The van der Waals surface area contributed by atoms with Crippen molar-refractivity contribution in [3.63, 3.8) is 0 Å². The molecule has 0 saturated heterocycles. The summed E-state index contributed by atoms with van der Waals surface area (Å²) in [5, 5.41) is 8.49. The van der Waals surface area contributed by atoms with Crippen molar-refractivity contribution in [3.05, 3.63) is 48.0 Å². The van der Waals surface area contributed by atoms with Gasteiger partial charge in [0.15, 0.2) is 0 Å². The smallest absolute Gasteiger partial charge is 0.234 e. The summed E-state index contributed by atoms with van der Waals surface area (Å²) in [5.74, 6) is 0.0378. The van der Waals surface area contributed by atoms with Gasteiger partial charge in [-0.25, -0.2) is 0 Å². The van der Waals surface area contributed by atoms with E-state index in [0.29, 0.717) is 13.1 Å². The Morgan fingerprint density at radius 3 is 2.58 bits per heavy atom. The molecule has 0 aliphatic carbocycles. The number of hydrogen-bond acceptors (Lipinski definition) is 2. The molecule has 0 fully saturated rings. The Bertz CT molecular complexity index is 563. The zero-order chi connectivity index (χ0) is 13.7. The Kier molecular flexibility index (Phi) is 4.53. The first kappa shape index (κ1) is 13.6. The third kappa shape index (κ3) is 4.07. The van der Waals surface area contributed by atoms with E-state index in [2.05, 4.69) is 41.0 Å². The zero-order valence-corrected chi connectivity index (χ0v) is 11.4. The normalized spacial score (nSPS) is 10.9. The highest BCUT2D eigenvalue weighted by molar-refractivity contribution is 5.83. The molecule has 0 bridgehead atoms. The second-order valence-electron chi connectivity index (χ2n) is 5.01. The van der Waals surface area contributed by atoms with Crippen molar-refractivity contribution in [1.82, 2.24) is 10.6 Å². The maximum absolute atomic E-state index is 11.5. The molecule has 0 radical (unpaired) electrons. The Hall–Kier alpha value is -1.87. The maximum atomic E-state index is 11.5. The highest BCUT2D eigenvalue weighted by Crippen LogP contribution is 2.15. The fourth-order valence-electron chi connectivity index (χ4n) is 2.04. The molecule has 0 aliphatic heterocycles. The number of carbonyl (C=O) groups is 1. The summed E-state index contributed by atoms with van der Waals surface area (Å²) in [6, 6.07) is 14.8. The van der Waals surface area contributed by atoms with Crippen molar-refractivity contribution in [3.8, 4) is 0 Å². The first-order valence-electron chi connectivity index (χ1n) is 6.63. The van der Waals surface area contributed by atoms with Gasteiger partial charge in [0.05, 0.1) is 6.54 Å². The largest absolute Gasteiger partial charge is 0.353 e. The van der Waals surface area contributed by atoms with Gasteiger partial charge in [-0.15, -0.1) is 0 Å². The molecule has 0 aromatic heterocycles. The number of fused-ring (bicyclic) bond motifs is 1. The Balaban J connectivity index is 1.89. The van der Waals surface area contributed by atoms with Crippen molar-refractivity contribution < 1.29 is 4.79 Å². The number of rotatable bonds is 5. The molecule has 0 unspecified atom stereocenters. The average molecular weight is 256 g/mol. The summed E-state index contributed by atoms with van der Waals surface area (Å²) in [5.41, 5.74) is 1.19. The summed E-state index contributed by atoms with van der Waals surface area (Å²) >= 11 is 0. The van der Waals surface area contributed by atoms with Gasteiger partial charge in [-0.3, -0.25) is 4.79 Å². The van der Waals surface area contributed by atoms with Crippen molar-refractivity contribution >= 4 is 16.7 Å². The average Bonchev–Trinajstić information content (AvgIpc) is 2.37. The predicted molar refractivity (Wildman–Crippen MR) is 78.9 cm³/mol.